The first-order chi connectivity index (χ1) is 9.38. The molecule has 0 radical (unpaired) electrons. The monoisotopic (exact) mass is 302 g/mol. The van der Waals surface area contributed by atoms with Crippen LogP contribution in [0.25, 0.3) is 25.6 Å². The minimum atomic E-state index is 1.08. The van der Waals surface area contributed by atoms with Gasteiger partial charge in [0.15, 0.2) is 0 Å². The number of hydrogen-bond donors (Lipinski definition) is 0. The van der Waals surface area contributed by atoms with Crippen molar-refractivity contribution < 1.29 is 0 Å². The molecule has 0 nitrogen and oxygen atoms in total. The Kier molecular flexibility index (Phi) is 3.97. The van der Waals surface area contributed by atoms with E-state index >= 15 is 0 Å². The zero-order chi connectivity index (χ0) is 13.1. The Morgan fingerprint density at radius 3 is 2.37 bits per heavy atom. The molecule has 0 unspecified atom stereocenters. The molecule has 3 rings (SSSR count). The van der Waals surface area contributed by atoms with Crippen molar-refractivity contribution in [3.8, 4) is 19.5 Å². The van der Waals surface area contributed by atoms with E-state index in [4.69, 9.17) is 0 Å². The summed E-state index contributed by atoms with van der Waals surface area (Å²) < 4.78 is 0. The van der Waals surface area contributed by atoms with Crippen molar-refractivity contribution in [2.24, 2.45) is 0 Å². The lowest BCUT2D eigenvalue weighted by atomic mass is 10.2. The topological polar surface area (TPSA) is 0 Å². The van der Waals surface area contributed by atoms with Crippen LogP contribution >= 0.6 is 34.0 Å². The molecule has 0 spiro atoms. The van der Waals surface area contributed by atoms with Gasteiger partial charge in [0.2, 0.25) is 0 Å². The average Bonchev–Trinajstić information content (AvgIpc) is 3.14. The largest absolute Gasteiger partial charge is 0.143 e. The van der Waals surface area contributed by atoms with Gasteiger partial charge in [-0.1, -0.05) is 31.2 Å². The predicted molar refractivity (Wildman–Crippen MR) is 90.3 cm³/mol. The molecule has 3 aromatic rings. The summed E-state index contributed by atoms with van der Waals surface area (Å²) >= 11 is 5.52. The second kappa shape index (κ2) is 5.87. The Morgan fingerprint density at radius 2 is 1.74 bits per heavy atom. The molecule has 0 aliphatic heterocycles. The van der Waals surface area contributed by atoms with E-state index < -0.39 is 0 Å². The van der Waals surface area contributed by atoms with Crippen LogP contribution in [0.15, 0.2) is 47.2 Å². The molecule has 3 heterocycles. The summed E-state index contributed by atoms with van der Waals surface area (Å²) in [4.78, 5) is 5.49. The van der Waals surface area contributed by atoms with Gasteiger partial charge in [0, 0.05) is 14.6 Å². The minimum Gasteiger partial charge on any atom is -0.143 e. The van der Waals surface area contributed by atoms with E-state index in [2.05, 4.69) is 60.2 Å². The fourth-order valence-corrected chi connectivity index (χ4v) is 4.76. The van der Waals surface area contributed by atoms with Crippen LogP contribution in [0.5, 0.6) is 0 Å². The van der Waals surface area contributed by atoms with Crippen molar-refractivity contribution in [2.75, 3.05) is 0 Å². The average molecular weight is 302 g/mol. The van der Waals surface area contributed by atoms with Gasteiger partial charge in [-0.15, -0.1) is 34.0 Å². The normalized spacial score (nSPS) is 11.4. The van der Waals surface area contributed by atoms with Gasteiger partial charge in [0.25, 0.3) is 0 Å². The smallest absolute Gasteiger partial charge is 0.0521 e. The number of rotatable bonds is 4. The fourth-order valence-electron chi connectivity index (χ4n) is 1.91. The molecule has 3 aromatic heterocycles. The van der Waals surface area contributed by atoms with Gasteiger partial charge in [-0.05, 0) is 40.9 Å². The van der Waals surface area contributed by atoms with Gasteiger partial charge >= 0.3 is 0 Å². The number of thiophene rings is 3. The van der Waals surface area contributed by atoms with Gasteiger partial charge in [-0.2, -0.15) is 0 Å². The van der Waals surface area contributed by atoms with Crippen molar-refractivity contribution in [1.29, 1.82) is 0 Å². The zero-order valence-electron chi connectivity index (χ0n) is 10.6. The second-order valence-electron chi connectivity index (χ2n) is 4.16. The Balaban J connectivity index is 2.08. The lowest BCUT2D eigenvalue weighted by Gasteiger charge is -1.94. The van der Waals surface area contributed by atoms with E-state index in [1.165, 1.54) is 25.1 Å². The first kappa shape index (κ1) is 12.9. The molecule has 0 aliphatic rings. The highest BCUT2D eigenvalue weighted by Gasteiger charge is 2.11. The molecule has 96 valence electrons. The van der Waals surface area contributed by atoms with Crippen LogP contribution in [0.2, 0.25) is 0 Å². The van der Waals surface area contributed by atoms with E-state index in [0.717, 1.165) is 6.42 Å². The summed E-state index contributed by atoms with van der Waals surface area (Å²) in [5, 5.41) is 4.29. The van der Waals surface area contributed by atoms with Gasteiger partial charge in [0.05, 0.1) is 4.88 Å². The van der Waals surface area contributed by atoms with Crippen LogP contribution in [-0.2, 0) is 0 Å². The quantitative estimate of drug-likeness (QED) is 0.507. The van der Waals surface area contributed by atoms with Crippen LogP contribution in [-0.4, -0.2) is 0 Å². The molecule has 0 amide bonds. The van der Waals surface area contributed by atoms with Crippen molar-refractivity contribution in [1.82, 2.24) is 0 Å². The Hall–Kier alpha value is -1.16. The number of allylic oxidation sites excluding steroid dienone is 1. The Morgan fingerprint density at radius 1 is 1.00 bits per heavy atom. The van der Waals surface area contributed by atoms with Crippen molar-refractivity contribution >= 4 is 40.1 Å². The maximum Gasteiger partial charge on any atom is 0.0521 e. The molecule has 0 saturated carbocycles. The third kappa shape index (κ3) is 2.73. The molecule has 0 fully saturated rings. The summed E-state index contributed by atoms with van der Waals surface area (Å²) in [7, 11) is 0. The van der Waals surface area contributed by atoms with Gasteiger partial charge in [0.1, 0.15) is 0 Å². The number of hydrogen-bond acceptors (Lipinski definition) is 3. The summed E-state index contributed by atoms with van der Waals surface area (Å²) in [6.45, 7) is 2.17. The maximum absolute atomic E-state index is 2.32. The lowest BCUT2D eigenvalue weighted by molar-refractivity contribution is 1.23. The van der Waals surface area contributed by atoms with E-state index in [0.29, 0.717) is 0 Å². The summed E-state index contributed by atoms with van der Waals surface area (Å²) in [5.74, 6) is 0. The van der Waals surface area contributed by atoms with Crippen molar-refractivity contribution in [3.63, 3.8) is 0 Å². The minimum absolute atomic E-state index is 1.08. The maximum atomic E-state index is 2.32. The zero-order valence-corrected chi connectivity index (χ0v) is 13.1. The van der Waals surface area contributed by atoms with Crippen molar-refractivity contribution in [2.45, 2.75) is 13.3 Å². The van der Waals surface area contributed by atoms with E-state index in [9.17, 15) is 0 Å². The third-order valence-corrected chi connectivity index (χ3v) is 6.07. The third-order valence-electron chi connectivity index (χ3n) is 2.80. The highest BCUT2D eigenvalue weighted by molar-refractivity contribution is 7.26. The van der Waals surface area contributed by atoms with Crippen LogP contribution in [0.4, 0.5) is 0 Å². The molecule has 0 bridgehead atoms. The summed E-state index contributed by atoms with van der Waals surface area (Å²) in [6, 6.07) is 11.0. The molecular weight excluding hydrogens is 288 g/mol. The van der Waals surface area contributed by atoms with Crippen LogP contribution < -0.4 is 0 Å². The Bertz CT molecular complexity index is 655. The first-order valence-electron chi connectivity index (χ1n) is 6.26. The highest BCUT2D eigenvalue weighted by atomic mass is 32.1. The first-order valence-corrected chi connectivity index (χ1v) is 8.84. The fraction of sp³-hybridized carbons (Fsp3) is 0.125. The predicted octanol–water partition coefficient (Wildman–Crippen LogP) is 6.63. The van der Waals surface area contributed by atoms with Crippen molar-refractivity contribution in [3.05, 3.63) is 52.7 Å². The summed E-state index contributed by atoms with van der Waals surface area (Å²) in [6.07, 6.45) is 5.56. The van der Waals surface area contributed by atoms with Gasteiger partial charge in [-0.25, -0.2) is 0 Å². The molecule has 0 aliphatic carbocycles. The van der Waals surface area contributed by atoms with Crippen LogP contribution in [0, 0.1) is 0 Å². The van der Waals surface area contributed by atoms with E-state index in [-0.39, 0.29) is 0 Å². The molecule has 0 saturated heterocycles. The standard InChI is InChI=1S/C16H14S3/c1-2-3-6-12-11-15(13-7-4-9-17-13)19-16(12)14-8-5-10-18-14/h3-11H,2H2,1H3/b6-3+. The summed E-state index contributed by atoms with van der Waals surface area (Å²) in [5.41, 5.74) is 1.35. The van der Waals surface area contributed by atoms with E-state index in [1.54, 1.807) is 0 Å². The molecule has 0 atom stereocenters. The molecule has 19 heavy (non-hydrogen) atoms. The highest BCUT2D eigenvalue weighted by Crippen LogP contribution is 2.41. The van der Waals surface area contributed by atoms with Crippen LogP contribution in [0.3, 0.4) is 0 Å². The lowest BCUT2D eigenvalue weighted by Crippen LogP contribution is -1.69. The molecule has 0 N–H and O–H groups in total. The van der Waals surface area contributed by atoms with Crippen LogP contribution in [0.1, 0.15) is 18.9 Å². The van der Waals surface area contributed by atoms with E-state index in [1.807, 2.05) is 34.0 Å². The van der Waals surface area contributed by atoms with Gasteiger partial charge < -0.3 is 0 Å². The molecule has 0 aromatic carbocycles. The Labute approximate surface area is 125 Å². The molecule has 3 heteroatoms. The SMILES string of the molecule is CC/C=C/c1cc(-c2cccs2)sc1-c1cccs1. The second-order valence-corrected chi connectivity index (χ2v) is 7.11. The van der Waals surface area contributed by atoms with Gasteiger partial charge in [-0.3, -0.25) is 0 Å². The molecular formula is C16H14S3.